The minimum atomic E-state index is -0.734. The molecule has 0 saturated carbocycles. The first-order valence-electron chi connectivity index (χ1n) is 12.9. The van der Waals surface area contributed by atoms with E-state index in [1.54, 1.807) is 4.90 Å². The van der Waals surface area contributed by atoms with E-state index in [4.69, 9.17) is 9.47 Å². The predicted molar refractivity (Wildman–Crippen MR) is 141 cm³/mol. The van der Waals surface area contributed by atoms with Crippen molar-refractivity contribution in [3.05, 3.63) is 47.4 Å². The van der Waals surface area contributed by atoms with Gasteiger partial charge in [0.05, 0.1) is 11.6 Å². The zero-order valence-corrected chi connectivity index (χ0v) is 23.0. The van der Waals surface area contributed by atoms with Gasteiger partial charge in [-0.1, -0.05) is 24.3 Å². The number of hydrogen-bond acceptors (Lipinski definition) is 8. The van der Waals surface area contributed by atoms with Crippen LogP contribution in [0, 0.1) is 5.95 Å². The van der Waals surface area contributed by atoms with Gasteiger partial charge in [0.2, 0.25) is 11.9 Å². The Morgan fingerprint density at radius 3 is 2.39 bits per heavy atom. The minimum absolute atomic E-state index is 0.0925. The lowest BCUT2D eigenvalue weighted by atomic mass is 10.1. The third-order valence-corrected chi connectivity index (χ3v) is 6.50. The summed E-state index contributed by atoms with van der Waals surface area (Å²) in [6.07, 6.45) is -0.824. The molecule has 2 amide bonds. The number of halogens is 1. The second kappa shape index (κ2) is 10.7. The zero-order chi connectivity index (χ0) is 27.7. The maximum Gasteiger partial charge on any atom is 0.416 e. The average molecular weight is 529 g/mol. The Morgan fingerprint density at radius 1 is 1.16 bits per heavy atom. The van der Waals surface area contributed by atoms with Crippen LogP contribution in [0.2, 0.25) is 0 Å². The highest BCUT2D eigenvalue weighted by Gasteiger charge is 2.42. The van der Waals surface area contributed by atoms with Crippen LogP contribution in [0.3, 0.4) is 0 Å². The van der Waals surface area contributed by atoms with Crippen LogP contribution in [0.15, 0.2) is 30.3 Å². The highest BCUT2D eigenvalue weighted by atomic mass is 19.1. The Morgan fingerprint density at radius 2 is 1.82 bits per heavy atom. The zero-order valence-electron chi connectivity index (χ0n) is 23.0. The van der Waals surface area contributed by atoms with Crippen molar-refractivity contribution in [3.8, 4) is 0 Å². The number of benzene rings is 1. The summed E-state index contributed by atoms with van der Waals surface area (Å²) < 4.78 is 24.9. The maximum atomic E-state index is 14.3. The lowest BCUT2D eigenvalue weighted by molar-refractivity contribution is 0.0139. The quantitative estimate of drug-likeness (QED) is 0.544. The van der Waals surface area contributed by atoms with E-state index in [0.717, 1.165) is 36.8 Å². The standard InChI is InChI=1S/C27H37FN6O4/c1-18(29-23-30-21(28)15-22(31-23)34-25(36)37-17-27(34,5)6)20-9-7-19(8-10-20)16-32-11-13-33(14-12-32)24(35)38-26(2,3)4/h7-10,15,18H,11-14,16-17H2,1-6H3,(H,29,30,31)/t18-/m0/s1. The first kappa shape index (κ1) is 27.6. The van der Waals surface area contributed by atoms with Crippen LogP contribution >= 0.6 is 0 Å². The number of rotatable bonds is 6. The molecule has 3 heterocycles. The van der Waals surface area contributed by atoms with Crippen LogP contribution in [0.1, 0.15) is 58.7 Å². The van der Waals surface area contributed by atoms with Gasteiger partial charge in [0.15, 0.2) is 0 Å². The molecule has 1 aromatic carbocycles. The summed E-state index contributed by atoms with van der Waals surface area (Å²) in [6.45, 7) is 15.0. The Bertz CT molecular complexity index is 1160. The number of nitrogens with one attached hydrogen (secondary N) is 1. The van der Waals surface area contributed by atoms with Gasteiger partial charge in [-0.05, 0) is 52.7 Å². The van der Waals surface area contributed by atoms with Crippen molar-refractivity contribution in [3.63, 3.8) is 0 Å². The van der Waals surface area contributed by atoms with Gasteiger partial charge >= 0.3 is 12.2 Å². The number of aromatic nitrogens is 2. The van der Waals surface area contributed by atoms with E-state index in [1.165, 1.54) is 4.90 Å². The van der Waals surface area contributed by atoms with Crippen LogP contribution in [-0.4, -0.2) is 75.9 Å². The summed E-state index contributed by atoms with van der Waals surface area (Å²) in [5, 5.41) is 3.14. The molecule has 2 aliphatic rings. The molecular weight excluding hydrogens is 491 g/mol. The molecule has 0 unspecified atom stereocenters. The van der Waals surface area contributed by atoms with Gasteiger partial charge in [-0.15, -0.1) is 0 Å². The maximum absolute atomic E-state index is 14.3. The summed E-state index contributed by atoms with van der Waals surface area (Å²) in [5.41, 5.74) is 1.01. The minimum Gasteiger partial charge on any atom is -0.447 e. The third kappa shape index (κ3) is 6.69. The first-order valence-corrected chi connectivity index (χ1v) is 12.9. The Balaban J connectivity index is 1.33. The number of carbonyl (C=O) groups excluding carboxylic acids is 2. The molecule has 1 N–H and O–H groups in total. The summed E-state index contributed by atoms with van der Waals surface area (Å²) in [5.74, 6) is -0.487. The average Bonchev–Trinajstić information content (AvgIpc) is 3.10. The molecule has 2 fully saturated rings. The molecule has 10 nitrogen and oxygen atoms in total. The molecule has 11 heteroatoms. The van der Waals surface area contributed by atoms with Crippen molar-refractivity contribution in [1.82, 2.24) is 19.8 Å². The number of piperazine rings is 1. The fraction of sp³-hybridized carbons (Fsp3) is 0.556. The fourth-order valence-electron chi connectivity index (χ4n) is 4.46. The number of ether oxygens (including phenoxy) is 2. The Kier molecular flexibility index (Phi) is 7.78. The SMILES string of the molecule is C[C@H](Nc1nc(F)cc(N2C(=O)OCC2(C)C)n1)c1ccc(CN2CCN(C(=O)OC(C)(C)C)CC2)cc1. The molecule has 2 aliphatic heterocycles. The normalized spacial score (nSPS) is 18.8. The first-order chi connectivity index (χ1) is 17.8. The van der Waals surface area contributed by atoms with Gasteiger partial charge in [-0.2, -0.15) is 14.4 Å². The van der Waals surface area contributed by atoms with Crippen LogP contribution in [0.4, 0.5) is 25.7 Å². The highest BCUT2D eigenvalue weighted by molar-refractivity contribution is 5.90. The monoisotopic (exact) mass is 528 g/mol. The molecule has 0 bridgehead atoms. The van der Waals surface area contributed by atoms with Crippen LogP contribution in [0.5, 0.6) is 0 Å². The third-order valence-electron chi connectivity index (χ3n) is 6.50. The highest BCUT2D eigenvalue weighted by Crippen LogP contribution is 2.30. The summed E-state index contributed by atoms with van der Waals surface area (Å²) >= 11 is 0. The molecule has 206 valence electrons. The van der Waals surface area contributed by atoms with Gasteiger partial charge < -0.3 is 19.7 Å². The molecule has 4 rings (SSSR count). The van der Waals surface area contributed by atoms with Crippen molar-refractivity contribution in [1.29, 1.82) is 0 Å². The van der Waals surface area contributed by atoms with E-state index in [0.29, 0.717) is 13.1 Å². The van der Waals surface area contributed by atoms with Crippen molar-refractivity contribution >= 4 is 24.0 Å². The van der Waals surface area contributed by atoms with E-state index in [1.807, 2.05) is 53.7 Å². The smallest absolute Gasteiger partial charge is 0.416 e. The Hall–Kier alpha value is -3.47. The molecular formula is C27H37FN6O4. The van der Waals surface area contributed by atoms with E-state index < -0.39 is 23.2 Å². The van der Waals surface area contributed by atoms with E-state index >= 15 is 0 Å². The van der Waals surface area contributed by atoms with Crippen LogP contribution in [0.25, 0.3) is 0 Å². The number of nitrogens with zero attached hydrogens (tertiary/aromatic N) is 5. The van der Waals surface area contributed by atoms with Crippen molar-refractivity contribution in [2.75, 3.05) is 43.0 Å². The number of anilines is 2. The number of hydrogen-bond donors (Lipinski definition) is 1. The molecule has 2 aromatic rings. The van der Waals surface area contributed by atoms with E-state index in [2.05, 4.69) is 32.3 Å². The number of carbonyl (C=O) groups is 2. The molecule has 38 heavy (non-hydrogen) atoms. The van der Waals surface area contributed by atoms with E-state index in [9.17, 15) is 14.0 Å². The predicted octanol–water partition coefficient (Wildman–Crippen LogP) is 4.58. The van der Waals surface area contributed by atoms with Gasteiger partial charge in [-0.3, -0.25) is 9.80 Å². The van der Waals surface area contributed by atoms with Gasteiger partial charge in [0.1, 0.15) is 18.0 Å². The molecule has 0 aliphatic carbocycles. The van der Waals surface area contributed by atoms with Crippen LogP contribution in [-0.2, 0) is 16.0 Å². The van der Waals surface area contributed by atoms with Crippen LogP contribution < -0.4 is 10.2 Å². The topological polar surface area (TPSA) is 100 Å². The molecule has 0 radical (unpaired) electrons. The van der Waals surface area contributed by atoms with Gasteiger partial charge in [-0.25, -0.2) is 9.59 Å². The number of cyclic esters (lactones) is 1. The van der Waals surface area contributed by atoms with Gasteiger partial charge in [0.25, 0.3) is 0 Å². The van der Waals surface area contributed by atoms with E-state index in [-0.39, 0.29) is 30.5 Å². The fourth-order valence-corrected chi connectivity index (χ4v) is 4.46. The van der Waals surface area contributed by atoms with Crippen molar-refractivity contribution in [2.24, 2.45) is 0 Å². The van der Waals surface area contributed by atoms with Crippen molar-refractivity contribution < 1.29 is 23.5 Å². The summed E-state index contributed by atoms with van der Waals surface area (Å²) in [6, 6.07) is 9.10. The summed E-state index contributed by atoms with van der Waals surface area (Å²) in [4.78, 5) is 38.1. The molecule has 2 saturated heterocycles. The lowest BCUT2D eigenvalue weighted by Gasteiger charge is -2.35. The molecule has 1 atom stereocenters. The second-order valence-electron chi connectivity index (χ2n) is 11.4. The molecule has 0 spiro atoms. The van der Waals surface area contributed by atoms with Crippen molar-refractivity contribution in [2.45, 2.75) is 65.3 Å². The largest absolute Gasteiger partial charge is 0.447 e. The Labute approximate surface area is 223 Å². The lowest BCUT2D eigenvalue weighted by Crippen LogP contribution is -2.49. The second-order valence-corrected chi connectivity index (χ2v) is 11.4. The van der Waals surface area contributed by atoms with Gasteiger partial charge in [0, 0.05) is 38.8 Å². The summed E-state index contributed by atoms with van der Waals surface area (Å²) in [7, 11) is 0. The molecule has 1 aromatic heterocycles. The number of amides is 2.